The second-order valence-corrected chi connectivity index (χ2v) is 5.32. The van der Waals surface area contributed by atoms with E-state index in [4.69, 9.17) is 0 Å². The second-order valence-electron chi connectivity index (χ2n) is 5.32. The molecule has 19 heavy (non-hydrogen) atoms. The molecule has 0 aromatic heterocycles. The summed E-state index contributed by atoms with van der Waals surface area (Å²) in [6.45, 7) is 1.08. The summed E-state index contributed by atoms with van der Waals surface area (Å²) in [5.41, 5.74) is 2.24. The van der Waals surface area contributed by atoms with Crippen LogP contribution in [0.2, 0.25) is 0 Å². The molecule has 1 saturated heterocycles. The van der Waals surface area contributed by atoms with Crippen LogP contribution >= 0.6 is 0 Å². The molecule has 2 heterocycles. The van der Waals surface area contributed by atoms with Crippen molar-refractivity contribution in [2.45, 2.75) is 18.6 Å². The Bertz CT molecular complexity index is 481. The maximum atomic E-state index is 12.4. The average Bonchev–Trinajstić information content (AvgIpc) is 2.77. The molecule has 2 aliphatic rings. The fourth-order valence-electron chi connectivity index (χ4n) is 2.82. The van der Waals surface area contributed by atoms with Crippen LogP contribution in [-0.2, 0) is 11.2 Å². The highest BCUT2D eigenvalue weighted by Gasteiger charge is 2.36. The van der Waals surface area contributed by atoms with Crippen LogP contribution in [0.3, 0.4) is 0 Å². The largest absolute Gasteiger partial charge is 0.388 e. The van der Waals surface area contributed by atoms with Crippen molar-refractivity contribution in [3.8, 4) is 0 Å². The van der Waals surface area contributed by atoms with Crippen LogP contribution in [0.25, 0.3) is 0 Å². The highest BCUT2D eigenvalue weighted by atomic mass is 16.3. The molecule has 2 aliphatic heterocycles. The number of hydrogen-bond donors (Lipinski definition) is 3. The Kier molecular flexibility index (Phi) is 3.16. The molecule has 0 radical (unpaired) electrons. The summed E-state index contributed by atoms with van der Waals surface area (Å²) in [7, 11) is 0. The Hall–Kier alpha value is -1.59. The van der Waals surface area contributed by atoms with Crippen LogP contribution in [-0.4, -0.2) is 52.9 Å². The number of nitrogens with zero attached hydrogens (tertiary/aromatic N) is 1. The van der Waals surface area contributed by atoms with Gasteiger partial charge in [-0.1, -0.05) is 18.2 Å². The van der Waals surface area contributed by atoms with Gasteiger partial charge < -0.3 is 20.4 Å². The van der Waals surface area contributed by atoms with Crippen molar-refractivity contribution in [1.29, 1.82) is 0 Å². The number of carbonyl (C=O) groups is 1. The van der Waals surface area contributed by atoms with Gasteiger partial charge in [0.25, 0.3) is 0 Å². The van der Waals surface area contributed by atoms with Crippen molar-refractivity contribution in [2.75, 3.05) is 25.0 Å². The lowest BCUT2D eigenvalue weighted by atomic mass is 9.93. The van der Waals surface area contributed by atoms with Crippen LogP contribution in [0.4, 0.5) is 5.69 Å². The van der Waals surface area contributed by atoms with E-state index in [2.05, 4.69) is 5.32 Å². The number of para-hydroxylation sites is 1. The van der Waals surface area contributed by atoms with Gasteiger partial charge in [-0.3, -0.25) is 4.79 Å². The topological polar surface area (TPSA) is 72.8 Å². The summed E-state index contributed by atoms with van der Waals surface area (Å²) in [5, 5.41) is 22.3. The lowest BCUT2D eigenvalue weighted by molar-refractivity contribution is -0.134. The molecule has 1 fully saturated rings. The minimum atomic E-state index is -0.812. The SMILES string of the molecule is O=C(C1CNc2ccccc2C1)N1CC(O)C(O)C1. The van der Waals surface area contributed by atoms with Gasteiger partial charge in [-0.2, -0.15) is 0 Å². The van der Waals surface area contributed by atoms with E-state index in [-0.39, 0.29) is 24.9 Å². The number of rotatable bonds is 1. The molecule has 3 atom stereocenters. The number of benzene rings is 1. The zero-order valence-corrected chi connectivity index (χ0v) is 10.6. The molecule has 3 N–H and O–H groups in total. The predicted octanol–water partition coefficient (Wildman–Crippen LogP) is -0.165. The highest BCUT2D eigenvalue weighted by molar-refractivity contribution is 5.81. The first-order valence-corrected chi connectivity index (χ1v) is 6.62. The Morgan fingerprint density at radius 3 is 2.63 bits per heavy atom. The fraction of sp³-hybridized carbons (Fsp3) is 0.500. The summed E-state index contributed by atoms with van der Waals surface area (Å²) in [4.78, 5) is 13.9. The van der Waals surface area contributed by atoms with Crippen LogP contribution in [0.15, 0.2) is 24.3 Å². The molecule has 3 rings (SSSR count). The van der Waals surface area contributed by atoms with Crippen molar-refractivity contribution in [3.05, 3.63) is 29.8 Å². The van der Waals surface area contributed by atoms with E-state index in [1.165, 1.54) is 0 Å². The summed E-state index contributed by atoms with van der Waals surface area (Å²) in [6, 6.07) is 7.98. The highest BCUT2D eigenvalue weighted by Crippen LogP contribution is 2.26. The van der Waals surface area contributed by atoms with Gasteiger partial charge in [0.05, 0.1) is 18.1 Å². The van der Waals surface area contributed by atoms with E-state index in [1.807, 2.05) is 24.3 Å². The quantitative estimate of drug-likeness (QED) is 0.657. The number of nitrogens with one attached hydrogen (secondary N) is 1. The fourth-order valence-corrected chi connectivity index (χ4v) is 2.82. The molecule has 3 unspecified atom stereocenters. The van der Waals surface area contributed by atoms with Crippen molar-refractivity contribution in [2.24, 2.45) is 5.92 Å². The molecule has 1 amide bonds. The van der Waals surface area contributed by atoms with E-state index < -0.39 is 12.2 Å². The third-order valence-corrected chi connectivity index (χ3v) is 3.94. The summed E-state index contributed by atoms with van der Waals surface area (Å²) < 4.78 is 0. The molecule has 5 heteroatoms. The van der Waals surface area contributed by atoms with E-state index in [0.717, 1.165) is 11.3 Å². The van der Waals surface area contributed by atoms with Gasteiger partial charge in [-0.25, -0.2) is 0 Å². The smallest absolute Gasteiger partial charge is 0.227 e. The molecule has 102 valence electrons. The number of likely N-dealkylation sites (tertiary alicyclic amines) is 1. The zero-order valence-electron chi connectivity index (χ0n) is 10.6. The first kappa shape index (κ1) is 12.4. The number of aliphatic hydroxyl groups excluding tert-OH is 2. The van der Waals surface area contributed by atoms with Crippen molar-refractivity contribution >= 4 is 11.6 Å². The summed E-state index contributed by atoms with van der Waals surface area (Å²) in [6.07, 6.45) is -0.911. The maximum Gasteiger partial charge on any atom is 0.227 e. The Balaban J connectivity index is 1.70. The van der Waals surface area contributed by atoms with E-state index in [1.54, 1.807) is 4.90 Å². The van der Waals surface area contributed by atoms with E-state index in [9.17, 15) is 15.0 Å². The van der Waals surface area contributed by atoms with E-state index in [0.29, 0.717) is 13.0 Å². The Morgan fingerprint density at radius 1 is 1.21 bits per heavy atom. The van der Waals surface area contributed by atoms with Gasteiger partial charge in [0.15, 0.2) is 0 Å². The molecule has 0 spiro atoms. The van der Waals surface area contributed by atoms with Crippen molar-refractivity contribution in [1.82, 2.24) is 4.90 Å². The van der Waals surface area contributed by atoms with Crippen LogP contribution in [0, 0.1) is 5.92 Å². The van der Waals surface area contributed by atoms with Gasteiger partial charge >= 0.3 is 0 Å². The van der Waals surface area contributed by atoms with Gasteiger partial charge in [0, 0.05) is 25.3 Å². The van der Waals surface area contributed by atoms with E-state index >= 15 is 0 Å². The van der Waals surface area contributed by atoms with Gasteiger partial charge in [-0.15, -0.1) is 0 Å². The summed E-state index contributed by atoms with van der Waals surface area (Å²) in [5.74, 6) is -0.106. The first-order valence-electron chi connectivity index (χ1n) is 6.62. The number of amides is 1. The second kappa shape index (κ2) is 4.83. The minimum Gasteiger partial charge on any atom is -0.388 e. The Morgan fingerprint density at radius 2 is 1.89 bits per heavy atom. The van der Waals surface area contributed by atoms with Gasteiger partial charge in [0.2, 0.25) is 5.91 Å². The molecular weight excluding hydrogens is 244 g/mol. The predicted molar refractivity (Wildman–Crippen MR) is 70.7 cm³/mol. The molecule has 1 aromatic rings. The normalized spacial score (nSPS) is 29.8. The van der Waals surface area contributed by atoms with Gasteiger partial charge in [-0.05, 0) is 18.1 Å². The Labute approximate surface area is 111 Å². The third-order valence-electron chi connectivity index (χ3n) is 3.94. The molecular formula is C14H18N2O3. The van der Waals surface area contributed by atoms with Crippen LogP contribution < -0.4 is 5.32 Å². The molecule has 1 aromatic carbocycles. The molecule has 0 aliphatic carbocycles. The number of aliphatic hydroxyl groups is 2. The average molecular weight is 262 g/mol. The maximum absolute atomic E-state index is 12.4. The molecule has 5 nitrogen and oxygen atoms in total. The third kappa shape index (κ3) is 2.31. The molecule has 0 saturated carbocycles. The van der Waals surface area contributed by atoms with Crippen molar-refractivity contribution in [3.63, 3.8) is 0 Å². The van der Waals surface area contributed by atoms with Gasteiger partial charge in [0.1, 0.15) is 0 Å². The number of anilines is 1. The number of β-amino-alcohol motifs (C(OH)–C–C–N with tert-alkyl or cyclic N) is 2. The standard InChI is InChI=1S/C14H18N2O3/c17-12-7-16(8-13(12)18)14(19)10-5-9-3-1-2-4-11(9)15-6-10/h1-4,10,12-13,15,17-18H,5-8H2. The number of carbonyl (C=O) groups excluding carboxylic acids is 1. The number of fused-ring (bicyclic) bond motifs is 1. The monoisotopic (exact) mass is 262 g/mol. The minimum absolute atomic E-state index is 0.0117. The van der Waals surface area contributed by atoms with Crippen LogP contribution in [0.1, 0.15) is 5.56 Å². The van der Waals surface area contributed by atoms with Crippen molar-refractivity contribution < 1.29 is 15.0 Å². The lowest BCUT2D eigenvalue weighted by Crippen LogP contribution is -2.40. The zero-order chi connectivity index (χ0) is 13.4. The summed E-state index contributed by atoms with van der Waals surface area (Å²) >= 11 is 0. The first-order chi connectivity index (χ1) is 9.15. The number of hydrogen-bond acceptors (Lipinski definition) is 4. The lowest BCUT2D eigenvalue weighted by Gasteiger charge is -2.28. The van der Waals surface area contributed by atoms with Crippen LogP contribution in [0.5, 0.6) is 0 Å². The molecule has 0 bridgehead atoms.